The quantitative estimate of drug-likeness (QED) is 0.750. The second-order valence-electron chi connectivity index (χ2n) is 7.87. The maximum atomic E-state index is 12.6. The number of nitrogens with one attached hydrogen (secondary N) is 1. The Kier molecular flexibility index (Phi) is 6.79. The van der Waals surface area contributed by atoms with Gasteiger partial charge in [-0.2, -0.15) is 5.10 Å². The van der Waals surface area contributed by atoms with Gasteiger partial charge in [-0.05, 0) is 17.7 Å². The van der Waals surface area contributed by atoms with Crippen LogP contribution in [0.25, 0.3) is 0 Å². The van der Waals surface area contributed by atoms with Crippen molar-refractivity contribution < 1.29 is 14.4 Å². The number of hydrazone groups is 1. The Bertz CT molecular complexity index is 985. The lowest BCUT2D eigenvalue weighted by Gasteiger charge is -2.36. The minimum Gasteiger partial charge on any atom is -0.368 e. The molecule has 0 spiro atoms. The van der Waals surface area contributed by atoms with Gasteiger partial charge >= 0.3 is 0 Å². The number of rotatable bonds is 6. The summed E-state index contributed by atoms with van der Waals surface area (Å²) in [6, 6.07) is 19.6. The minimum atomic E-state index is -0.396. The van der Waals surface area contributed by atoms with Crippen molar-refractivity contribution in [3.8, 4) is 0 Å². The van der Waals surface area contributed by atoms with Crippen molar-refractivity contribution >= 4 is 29.1 Å². The molecule has 0 saturated carbocycles. The molecule has 2 aliphatic heterocycles. The predicted octanol–water partition coefficient (Wildman–Crippen LogP) is 1.63. The van der Waals surface area contributed by atoms with Crippen LogP contribution in [0.4, 0.5) is 5.69 Å². The van der Waals surface area contributed by atoms with Gasteiger partial charge < -0.3 is 15.1 Å². The lowest BCUT2D eigenvalue weighted by molar-refractivity contribution is -0.133. The van der Waals surface area contributed by atoms with Crippen LogP contribution in [0.5, 0.6) is 0 Å². The summed E-state index contributed by atoms with van der Waals surface area (Å²) >= 11 is 0. The van der Waals surface area contributed by atoms with E-state index in [1.54, 1.807) is 4.90 Å². The van der Waals surface area contributed by atoms with Crippen LogP contribution >= 0.6 is 0 Å². The highest BCUT2D eigenvalue weighted by Crippen LogP contribution is 2.16. The molecule has 8 nitrogen and oxygen atoms in total. The van der Waals surface area contributed by atoms with E-state index in [9.17, 15) is 14.4 Å². The van der Waals surface area contributed by atoms with E-state index in [1.807, 2.05) is 48.5 Å². The molecule has 3 amide bonds. The van der Waals surface area contributed by atoms with Crippen LogP contribution in [0.1, 0.15) is 18.4 Å². The number of carbonyl (C=O) groups excluding carboxylic acids is 3. The van der Waals surface area contributed by atoms with E-state index in [2.05, 4.69) is 27.5 Å². The van der Waals surface area contributed by atoms with Crippen molar-refractivity contribution in [2.45, 2.75) is 19.4 Å². The molecular weight excluding hydrogens is 406 g/mol. The number of anilines is 1. The average molecular weight is 434 g/mol. The molecule has 0 unspecified atom stereocenters. The SMILES string of the molecule is O=C(NCC(=O)N1CCN(c2ccccc2)CC1)C1=NN(Cc2ccccc2)C(=O)CC1. The van der Waals surface area contributed by atoms with Crippen LogP contribution in [0, 0.1) is 0 Å². The Morgan fingerprint density at radius 3 is 2.22 bits per heavy atom. The van der Waals surface area contributed by atoms with Gasteiger partial charge in [0, 0.05) is 44.7 Å². The summed E-state index contributed by atoms with van der Waals surface area (Å²) in [4.78, 5) is 41.4. The van der Waals surface area contributed by atoms with Gasteiger partial charge in [0.25, 0.3) is 5.91 Å². The van der Waals surface area contributed by atoms with Crippen LogP contribution in [0.3, 0.4) is 0 Å². The highest BCUT2D eigenvalue weighted by atomic mass is 16.2. The number of amides is 3. The summed E-state index contributed by atoms with van der Waals surface area (Å²) in [6.07, 6.45) is 0.508. The fourth-order valence-electron chi connectivity index (χ4n) is 3.87. The van der Waals surface area contributed by atoms with Crippen molar-refractivity contribution in [3.05, 3.63) is 66.2 Å². The van der Waals surface area contributed by atoms with Crippen LogP contribution in [-0.2, 0) is 20.9 Å². The smallest absolute Gasteiger partial charge is 0.267 e. The average Bonchev–Trinajstić information content (AvgIpc) is 2.85. The molecule has 2 aromatic rings. The fraction of sp³-hybridized carbons (Fsp3) is 0.333. The second-order valence-corrected chi connectivity index (χ2v) is 7.87. The number of benzene rings is 2. The zero-order chi connectivity index (χ0) is 22.3. The molecule has 0 atom stereocenters. The van der Waals surface area contributed by atoms with E-state index >= 15 is 0 Å². The molecule has 0 aromatic heterocycles. The topological polar surface area (TPSA) is 85.3 Å². The van der Waals surface area contributed by atoms with E-state index in [4.69, 9.17) is 0 Å². The predicted molar refractivity (Wildman–Crippen MR) is 122 cm³/mol. The van der Waals surface area contributed by atoms with Crippen LogP contribution < -0.4 is 10.2 Å². The third kappa shape index (κ3) is 5.32. The Labute approximate surface area is 187 Å². The van der Waals surface area contributed by atoms with Gasteiger partial charge in [-0.3, -0.25) is 14.4 Å². The molecule has 1 fully saturated rings. The first-order valence-electron chi connectivity index (χ1n) is 10.9. The summed E-state index contributed by atoms with van der Waals surface area (Å²) in [6.45, 7) is 2.99. The number of nitrogens with zero attached hydrogens (tertiary/aromatic N) is 4. The van der Waals surface area contributed by atoms with Crippen molar-refractivity contribution in [3.63, 3.8) is 0 Å². The Hall–Kier alpha value is -3.68. The maximum absolute atomic E-state index is 12.6. The molecule has 1 N–H and O–H groups in total. The van der Waals surface area contributed by atoms with Crippen molar-refractivity contribution in [2.75, 3.05) is 37.6 Å². The van der Waals surface area contributed by atoms with E-state index in [0.717, 1.165) is 24.3 Å². The molecule has 8 heteroatoms. The standard InChI is InChI=1S/C24H27N5O3/c30-22-12-11-21(26-29(22)18-19-7-3-1-4-8-19)24(32)25-17-23(31)28-15-13-27(14-16-28)20-9-5-2-6-10-20/h1-10H,11-18H2,(H,25,32). The molecule has 166 valence electrons. The summed E-state index contributed by atoms with van der Waals surface area (Å²) < 4.78 is 0. The highest BCUT2D eigenvalue weighted by molar-refractivity contribution is 6.39. The molecule has 2 aliphatic rings. The molecule has 2 heterocycles. The van der Waals surface area contributed by atoms with Gasteiger partial charge in [-0.15, -0.1) is 0 Å². The molecule has 0 aliphatic carbocycles. The number of hydrogen-bond acceptors (Lipinski definition) is 5. The summed E-state index contributed by atoms with van der Waals surface area (Å²) in [7, 11) is 0. The van der Waals surface area contributed by atoms with Gasteiger partial charge in [-0.25, -0.2) is 5.01 Å². The lowest BCUT2D eigenvalue weighted by Crippen LogP contribution is -2.51. The number of para-hydroxylation sites is 1. The van der Waals surface area contributed by atoms with Gasteiger partial charge in [0.15, 0.2) is 0 Å². The van der Waals surface area contributed by atoms with E-state index in [1.165, 1.54) is 5.01 Å². The molecule has 1 saturated heterocycles. The van der Waals surface area contributed by atoms with Crippen molar-refractivity contribution in [2.24, 2.45) is 5.10 Å². The van der Waals surface area contributed by atoms with Gasteiger partial charge in [0.05, 0.1) is 13.1 Å². The third-order valence-corrected chi connectivity index (χ3v) is 5.70. The Balaban J connectivity index is 1.27. The first-order chi connectivity index (χ1) is 15.6. The minimum absolute atomic E-state index is 0.0736. The Morgan fingerprint density at radius 2 is 1.53 bits per heavy atom. The molecule has 4 rings (SSSR count). The Morgan fingerprint density at radius 1 is 0.875 bits per heavy atom. The lowest BCUT2D eigenvalue weighted by atomic mass is 10.1. The first kappa shape index (κ1) is 21.5. The molecule has 32 heavy (non-hydrogen) atoms. The second kappa shape index (κ2) is 10.1. The monoisotopic (exact) mass is 433 g/mol. The molecule has 2 aromatic carbocycles. The van der Waals surface area contributed by atoms with Gasteiger partial charge in [-0.1, -0.05) is 48.5 Å². The van der Waals surface area contributed by atoms with E-state index in [0.29, 0.717) is 19.6 Å². The van der Waals surface area contributed by atoms with Crippen molar-refractivity contribution in [1.82, 2.24) is 15.2 Å². The van der Waals surface area contributed by atoms with Crippen LogP contribution in [0.2, 0.25) is 0 Å². The van der Waals surface area contributed by atoms with E-state index < -0.39 is 5.91 Å². The zero-order valence-corrected chi connectivity index (χ0v) is 17.9. The summed E-state index contributed by atoms with van der Waals surface area (Å²) in [5.74, 6) is -0.621. The maximum Gasteiger partial charge on any atom is 0.267 e. The summed E-state index contributed by atoms with van der Waals surface area (Å²) in [5, 5.41) is 8.26. The molecule has 0 bridgehead atoms. The number of piperazine rings is 1. The van der Waals surface area contributed by atoms with Crippen LogP contribution in [-0.4, -0.2) is 66.1 Å². The van der Waals surface area contributed by atoms with Crippen LogP contribution in [0.15, 0.2) is 65.8 Å². The largest absolute Gasteiger partial charge is 0.368 e. The number of hydrogen-bond donors (Lipinski definition) is 1. The van der Waals surface area contributed by atoms with Crippen molar-refractivity contribution in [1.29, 1.82) is 0 Å². The highest BCUT2D eigenvalue weighted by Gasteiger charge is 2.26. The first-order valence-corrected chi connectivity index (χ1v) is 10.9. The zero-order valence-electron chi connectivity index (χ0n) is 17.9. The van der Waals surface area contributed by atoms with Gasteiger partial charge in [0.1, 0.15) is 5.71 Å². The molecule has 0 radical (unpaired) electrons. The van der Waals surface area contributed by atoms with E-state index in [-0.39, 0.29) is 36.9 Å². The normalized spacial score (nSPS) is 16.6. The number of carbonyl (C=O) groups is 3. The molecular formula is C24H27N5O3. The van der Waals surface area contributed by atoms with Gasteiger partial charge in [0.2, 0.25) is 11.8 Å². The summed E-state index contributed by atoms with van der Waals surface area (Å²) in [5.41, 5.74) is 2.37. The third-order valence-electron chi connectivity index (χ3n) is 5.70. The fourth-order valence-corrected chi connectivity index (χ4v) is 3.87.